The maximum atomic E-state index is 11.8. The van der Waals surface area contributed by atoms with Gasteiger partial charge < -0.3 is 20.5 Å². The molecule has 0 bridgehead atoms. The minimum Gasteiger partial charge on any atom is -0.497 e. The van der Waals surface area contributed by atoms with Gasteiger partial charge in [-0.1, -0.05) is 24.3 Å². The summed E-state index contributed by atoms with van der Waals surface area (Å²) in [7, 11) is 1.65. The van der Waals surface area contributed by atoms with E-state index in [1.807, 2.05) is 36.4 Å². The third-order valence-corrected chi connectivity index (χ3v) is 3.56. The van der Waals surface area contributed by atoms with E-state index in [4.69, 9.17) is 15.2 Å². The molecule has 0 aliphatic heterocycles. The molecular weight excluding hydrogens is 304 g/mol. The first kappa shape index (κ1) is 17.8. The van der Waals surface area contributed by atoms with Crippen LogP contribution in [0, 0.1) is 0 Å². The van der Waals surface area contributed by atoms with E-state index >= 15 is 0 Å². The number of nitrogen functional groups attached to an aromatic ring is 1. The van der Waals surface area contributed by atoms with Gasteiger partial charge in [-0.15, -0.1) is 0 Å². The molecule has 0 aliphatic carbocycles. The number of anilines is 1. The third kappa shape index (κ3) is 6.30. The smallest absolute Gasteiger partial charge is 0.224 e. The van der Waals surface area contributed by atoms with Crippen molar-refractivity contribution in [2.75, 3.05) is 26.0 Å². The number of rotatable bonds is 9. The summed E-state index contributed by atoms with van der Waals surface area (Å²) in [5.41, 5.74) is 8.38. The fraction of sp³-hybridized carbons (Fsp3) is 0.316. The molecule has 0 radical (unpaired) electrons. The first-order chi connectivity index (χ1) is 11.7. The minimum absolute atomic E-state index is 0.00919. The molecule has 0 spiro atoms. The molecule has 128 valence electrons. The van der Waals surface area contributed by atoms with Crippen LogP contribution >= 0.6 is 0 Å². The maximum Gasteiger partial charge on any atom is 0.224 e. The van der Waals surface area contributed by atoms with Gasteiger partial charge in [-0.3, -0.25) is 4.79 Å². The molecule has 0 aliphatic rings. The Balaban J connectivity index is 1.55. The van der Waals surface area contributed by atoms with E-state index in [0.29, 0.717) is 31.9 Å². The number of ether oxygens (including phenoxy) is 2. The van der Waals surface area contributed by atoms with Gasteiger partial charge in [0.2, 0.25) is 5.91 Å². The fourth-order valence-electron chi connectivity index (χ4n) is 2.20. The summed E-state index contributed by atoms with van der Waals surface area (Å²) in [5.74, 6) is 0.845. The lowest BCUT2D eigenvalue weighted by Gasteiger charge is -2.07. The van der Waals surface area contributed by atoms with Crippen LogP contribution in [0.5, 0.6) is 5.75 Å². The Hall–Kier alpha value is -2.53. The van der Waals surface area contributed by atoms with E-state index in [1.54, 1.807) is 19.2 Å². The summed E-state index contributed by atoms with van der Waals surface area (Å²) in [5, 5.41) is 2.89. The molecule has 0 fully saturated rings. The average Bonchev–Trinajstić information content (AvgIpc) is 2.60. The molecule has 2 aromatic rings. The zero-order valence-corrected chi connectivity index (χ0v) is 14.0. The van der Waals surface area contributed by atoms with Crippen LogP contribution in [0.25, 0.3) is 0 Å². The van der Waals surface area contributed by atoms with E-state index < -0.39 is 0 Å². The summed E-state index contributed by atoms with van der Waals surface area (Å²) in [6.45, 7) is 1.77. The van der Waals surface area contributed by atoms with Gasteiger partial charge >= 0.3 is 0 Å². The summed E-state index contributed by atoms with van der Waals surface area (Å²) in [6, 6.07) is 15.1. The Morgan fingerprint density at radius 1 is 1.04 bits per heavy atom. The van der Waals surface area contributed by atoms with Crippen LogP contribution in [0.1, 0.15) is 17.5 Å². The van der Waals surface area contributed by atoms with Crippen molar-refractivity contribution < 1.29 is 14.3 Å². The highest BCUT2D eigenvalue weighted by molar-refractivity contribution is 5.78. The highest BCUT2D eigenvalue weighted by atomic mass is 16.5. The maximum absolute atomic E-state index is 11.8. The van der Waals surface area contributed by atoms with Gasteiger partial charge in [-0.05, 0) is 41.8 Å². The zero-order valence-electron chi connectivity index (χ0n) is 14.0. The van der Waals surface area contributed by atoms with Crippen molar-refractivity contribution in [2.24, 2.45) is 0 Å². The summed E-state index contributed by atoms with van der Waals surface area (Å²) in [4.78, 5) is 11.8. The zero-order chi connectivity index (χ0) is 17.2. The monoisotopic (exact) mass is 328 g/mol. The SMILES string of the molecule is COc1ccc(COCCCNC(=O)Cc2ccc(N)cc2)cc1. The number of amides is 1. The van der Waals surface area contributed by atoms with Crippen molar-refractivity contribution in [1.29, 1.82) is 0 Å². The lowest BCUT2D eigenvalue weighted by atomic mass is 10.1. The molecule has 0 aromatic heterocycles. The molecule has 2 aromatic carbocycles. The van der Waals surface area contributed by atoms with Gasteiger partial charge in [-0.25, -0.2) is 0 Å². The highest BCUT2D eigenvalue weighted by Crippen LogP contribution is 2.12. The van der Waals surface area contributed by atoms with Crippen molar-refractivity contribution in [3.05, 3.63) is 59.7 Å². The highest BCUT2D eigenvalue weighted by Gasteiger charge is 2.02. The second-order valence-electron chi connectivity index (χ2n) is 5.52. The molecule has 3 N–H and O–H groups in total. The van der Waals surface area contributed by atoms with Gasteiger partial charge in [0, 0.05) is 18.8 Å². The second-order valence-corrected chi connectivity index (χ2v) is 5.52. The van der Waals surface area contributed by atoms with Crippen molar-refractivity contribution in [1.82, 2.24) is 5.32 Å². The Morgan fingerprint density at radius 2 is 1.71 bits per heavy atom. The fourth-order valence-corrected chi connectivity index (χ4v) is 2.20. The van der Waals surface area contributed by atoms with Gasteiger partial charge in [0.25, 0.3) is 0 Å². The van der Waals surface area contributed by atoms with E-state index in [0.717, 1.165) is 23.3 Å². The van der Waals surface area contributed by atoms with E-state index in [-0.39, 0.29) is 5.91 Å². The predicted molar refractivity (Wildman–Crippen MR) is 94.8 cm³/mol. The van der Waals surface area contributed by atoms with Crippen LogP contribution in [0.4, 0.5) is 5.69 Å². The van der Waals surface area contributed by atoms with Crippen molar-refractivity contribution in [3.63, 3.8) is 0 Å². The lowest BCUT2D eigenvalue weighted by Crippen LogP contribution is -2.26. The molecule has 0 unspecified atom stereocenters. The minimum atomic E-state index is 0.00919. The van der Waals surface area contributed by atoms with E-state index in [2.05, 4.69) is 5.32 Å². The van der Waals surface area contributed by atoms with Crippen LogP contribution in [0.3, 0.4) is 0 Å². The Morgan fingerprint density at radius 3 is 2.38 bits per heavy atom. The first-order valence-corrected chi connectivity index (χ1v) is 7.99. The Labute approximate surface area is 142 Å². The number of hydrogen-bond donors (Lipinski definition) is 2. The summed E-state index contributed by atoms with van der Waals surface area (Å²) in [6.07, 6.45) is 1.15. The first-order valence-electron chi connectivity index (χ1n) is 7.99. The molecule has 1 amide bonds. The number of methoxy groups -OCH3 is 1. The molecule has 0 saturated heterocycles. The van der Waals surface area contributed by atoms with Crippen LogP contribution in [0.15, 0.2) is 48.5 Å². The number of carbonyl (C=O) groups is 1. The number of nitrogens with one attached hydrogen (secondary N) is 1. The Kier molecular flexibility index (Phi) is 7.11. The summed E-state index contributed by atoms with van der Waals surface area (Å²) >= 11 is 0. The van der Waals surface area contributed by atoms with Crippen molar-refractivity contribution in [3.8, 4) is 5.75 Å². The quantitative estimate of drug-likeness (QED) is 0.548. The topological polar surface area (TPSA) is 73.6 Å². The predicted octanol–water partition coefficient (Wildman–Crippen LogP) is 2.54. The van der Waals surface area contributed by atoms with Gasteiger partial charge in [0.05, 0.1) is 20.1 Å². The molecular formula is C19H24N2O3. The van der Waals surface area contributed by atoms with Crippen LogP contribution in [-0.2, 0) is 22.6 Å². The normalized spacial score (nSPS) is 10.4. The molecule has 0 saturated carbocycles. The molecule has 2 rings (SSSR count). The largest absolute Gasteiger partial charge is 0.497 e. The molecule has 0 heterocycles. The third-order valence-electron chi connectivity index (χ3n) is 3.56. The van der Waals surface area contributed by atoms with Crippen LogP contribution < -0.4 is 15.8 Å². The summed E-state index contributed by atoms with van der Waals surface area (Å²) < 4.78 is 10.7. The standard InChI is InChI=1S/C19H24N2O3/c1-23-18-9-5-16(6-10-18)14-24-12-2-11-21-19(22)13-15-3-7-17(20)8-4-15/h3-10H,2,11-14,20H2,1H3,(H,21,22). The number of nitrogens with two attached hydrogens (primary N) is 1. The number of carbonyl (C=O) groups excluding carboxylic acids is 1. The Bertz CT molecular complexity index is 624. The van der Waals surface area contributed by atoms with Crippen LogP contribution in [0.2, 0.25) is 0 Å². The molecule has 0 atom stereocenters. The van der Waals surface area contributed by atoms with Crippen LogP contribution in [-0.4, -0.2) is 26.2 Å². The number of benzene rings is 2. The van der Waals surface area contributed by atoms with Crippen molar-refractivity contribution >= 4 is 11.6 Å². The molecule has 5 heteroatoms. The van der Waals surface area contributed by atoms with Crippen molar-refractivity contribution in [2.45, 2.75) is 19.4 Å². The van der Waals surface area contributed by atoms with Gasteiger partial charge in [0.1, 0.15) is 5.75 Å². The van der Waals surface area contributed by atoms with E-state index in [9.17, 15) is 4.79 Å². The van der Waals surface area contributed by atoms with Gasteiger partial charge in [-0.2, -0.15) is 0 Å². The average molecular weight is 328 g/mol. The second kappa shape index (κ2) is 9.57. The van der Waals surface area contributed by atoms with E-state index in [1.165, 1.54) is 0 Å². The number of hydrogen-bond acceptors (Lipinski definition) is 4. The lowest BCUT2D eigenvalue weighted by molar-refractivity contribution is -0.120. The van der Waals surface area contributed by atoms with Gasteiger partial charge in [0.15, 0.2) is 0 Å². The molecule has 5 nitrogen and oxygen atoms in total. The molecule has 24 heavy (non-hydrogen) atoms.